The number of anilines is 1. The molecule has 0 amide bonds. The smallest absolute Gasteiger partial charge is 0.293 e. The van der Waals surface area contributed by atoms with E-state index in [4.69, 9.17) is 16.7 Å². The van der Waals surface area contributed by atoms with E-state index in [0.29, 0.717) is 17.3 Å². The molecule has 0 spiro atoms. The largest absolute Gasteiger partial charge is 0.396 e. The molecule has 0 bridgehead atoms. The van der Waals surface area contributed by atoms with Crippen LogP contribution in [0.2, 0.25) is 5.02 Å². The minimum Gasteiger partial charge on any atom is -0.396 e. The third kappa shape index (κ3) is 4.50. The van der Waals surface area contributed by atoms with Gasteiger partial charge in [-0.2, -0.15) is 0 Å². The Balaban J connectivity index is 2.48. The van der Waals surface area contributed by atoms with Crippen LogP contribution in [0.3, 0.4) is 0 Å². The summed E-state index contributed by atoms with van der Waals surface area (Å²) in [5.74, 6) is 0. The summed E-state index contributed by atoms with van der Waals surface area (Å²) in [4.78, 5) is 10.4. The van der Waals surface area contributed by atoms with Gasteiger partial charge in [-0.15, -0.1) is 0 Å². The Bertz CT molecular complexity index is 399. The number of halogens is 1. The van der Waals surface area contributed by atoms with Crippen LogP contribution in [-0.4, -0.2) is 23.2 Å². The average Bonchev–Trinajstić information content (AvgIpc) is 2.34. The van der Waals surface area contributed by atoms with E-state index >= 15 is 0 Å². The number of aliphatic hydroxyl groups is 1. The van der Waals surface area contributed by atoms with Gasteiger partial charge >= 0.3 is 0 Å². The fraction of sp³-hybridized carbons (Fsp3) is 0.500. The number of aliphatic hydroxyl groups excluding tert-OH is 1. The van der Waals surface area contributed by atoms with Crippen LogP contribution in [0.1, 0.15) is 25.7 Å². The average molecular weight is 273 g/mol. The van der Waals surface area contributed by atoms with Crippen LogP contribution in [0, 0.1) is 10.1 Å². The summed E-state index contributed by atoms with van der Waals surface area (Å²) in [5.41, 5.74) is 0.379. The second-order valence-corrected chi connectivity index (χ2v) is 4.36. The molecule has 0 atom stereocenters. The maximum atomic E-state index is 10.8. The van der Waals surface area contributed by atoms with E-state index in [1.165, 1.54) is 6.07 Å². The van der Waals surface area contributed by atoms with Gasteiger partial charge in [0.2, 0.25) is 0 Å². The van der Waals surface area contributed by atoms with Crippen molar-refractivity contribution in [1.29, 1.82) is 0 Å². The molecule has 1 aromatic rings. The third-order valence-corrected chi connectivity index (χ3v) is 2.89. The van der Waals surface area contributed by atoms with Crippen LogP contribution in [0.15, 0.2) is 18.2 Å². The van der Waals surface area contributed by atoms with Crippen LogP contribution in [0.25, 0.3) is 0 Å². The molecular formula is C12H17ClN2O3. The molecule has 0 aliphatic heterocycles. The zero-order chi connectivity index (χ0) is 13.4. The lowest BCUT2D eigenvalue weighted by atomic mass is 10.2. The summed E-state index contributed by atoms with van der Waals surface area (Å²) in [5, 5.41) is 22.8. The molecule has 0 aliphatic rings. The van der Waals surface area contributed by atoms with E-state index in [9.17, 15) is 10.1 Å². The van der Waals surface area contributed by atoms with Crippen molar-refractivity contribution < 1.29 is 10.0 Å². The van der Waals surface area contributed by atoms with Gasteiger partial charge in [0.15, 0.2) is 0 Å². The highest BCUT2D eigenvalue weighted by Crippen LogP contribution is 2.31. The number of para-hydroxylation sites is 1. The molecule has 100 valence electrons. The van der Waals surface area contributed by atoms with Gasteiger partial charge in [0.25, 0.3) is 5.69 Å². The lowest BCUT2D eigenvalue weighted by Crippen LogP contribution is -2.05. The lowest BCUT2D eigenvalue weighted by Gasteiger charge is -2.08. The standard InChI is InChI=1S/C12H17ClN2O3/c13-10-6-5-7-11(15(17)18)12(10)14-8-3-1-2-4-9-16/h5-7,14,16H,1-4,8-9H2. The first-order valence-electron chi connectivity index (χ1n) is 5.94. The second kappa shape index (κ2) is 7.89. The van der Waals surface area contributed by atoms with Crippen molar-refractivity contribution in [3.63, 3.8) is 0 Å². The van der Waals surface area contributed by atoms with Crippen molar-refractivity contribution in [3.05, 3.63) is 33.3 Å². The van der Waals surface area contributed by atoms with Gasteiger partial charge in [-0.25, -0.2) is 0 Å². The summed E-state index contributed by atoms with van der Waals surface area (Å²) < 4.78 is 0. The summed E-state index contributed by atoms with van der Waals surface area (Å²) in [7, 11) is 0. The molecule has 5 nitrogen and oxygen atoms in total. The number of unbranched alkanes of at least 4 members (excludes halogenated alkanes) is 3. The predicted octanol–water partition coefficient (Wildman–Crippen LogP) is 3.21. The van der Waals surface area contributed by atoms with E-state index in [1.807, 2.05) is 0 Å². The summed E-state index contributed by atoms with van der Waals surface area (Å²) >= 11 is 5.94. The number of rotatable bonds is 8. The first kappa shape index (κ1) is 14.7. The van der Waals surface area contributed by atoms with Crippen molar-refractivity contribution in [2.45, 2.75) is 25.7 Å². The van der Waals surface area contributed by atoms with Crippen LogP contribution in [0.4, 0.5) is 11.4 Å². The van der Waals surface area contributed by atoms with Gasteiger partial charge < -0.3 is 10.4 Å². The van der Waals surface area contributed by atoms with Crippen LogP contribution in [0.5, 0.6) is 0 Å². The van der Waals surface area contributed by atoms with Crippen molar-refractivity contribution >= 4 is 23.0 Å². The Hall–Kier alpha value is -1.33. The van der Waals surface area contributed by atoms with Crippen molar-refractivity contribution in [1.82, 2.24) is 0 Å². The van der Waals surface area contributed by atoms with Crippen molar-refractivity contribution in [2.75, 3.05) is 18.5 Å². The zero-order valence-electron chi connectivity index (χ0n) is 10.1. The molecule has 18 heavy (non-hydrogen) atoms. The van der Waals surface area contributed by atoms with E-state index in [0.717, 1.165) is 25.7 Å². The topological polar surface area (TPSA) is 75.4 Å². The van der Waals surface area contributed by atoms with E-state index in [1.54, 1.807) is 12.1 Å². The first-order chi connectivity index (χ1) is 8.66. The molecule has 1 rings (SSSR count). The van der Waals surface area contributed by atoms with E-state index < -0.39 is 4.92 Å². The highest BCUT2D eigenvalue weighted by atomic mass is 35.5. The maximum absolute atomic E-state index is 10.8. The predicted molar refractivity (Wildman–Crippen MR) is 72.1 cm³/mol. The zero-order valence-corrected chi connectivity index (χ0v) is 10.8. The summed E-state index contributed by atoms with van der Waals surface area (Å²) in [6, 6.07) is 4.62. The first-order valence-corrected chi connectivity index (χ1v) is 6.32. The minimum absolute atomic E-state index is 0.00198. The lowest BCUT2D eigenvalue weighted by molar-refractivity contribution is -0.383. The van der Waals surface area contributed by atoms with E-state index in [2.05, 4.69) is 5.32 Å². The number of benzene rings is 1. The molecule has 1 aromatic carbocycles. The molecule has 0 radical (unpaired) electrons. The number of hydrogen-bond acceptors (Lipinski definition) is 4. The fourth-order valence-corrected chi connectivity index (χ4v) is 1.88. The third-order valence-electron chi connectivity index (χ3n) is 2.57. The van der Waals surface area contributed by atoms with E-state index in [-0.39, 0.29) is 12.3 Å². The minimum atomic E-state index is -0.444. The van der Waals surface area contributed by atoms with Crippen molar-refractivity contribution in [2.24, 2.45) is 0 Å². The Morgan fingerprint density at radius 3 is 2.67 bits per heavy atom. The van der Waals surface area contributed by atoms with Crippen molar-refractivity contribution in [3.8, 4) is 0 Å². The number of nitro groups is 1. The number of hydrogen-bond donors (Lipinski definition) is 2. The van der Waals surface area contributed by atoms with Gasteiger partial charge in [0.1, 0.15) is 5.69 Å². The second-order valence-electron chi connectivity index (χ2n) is 3.96. The normalized spacial score (nSPS) is 10.3. The maximum Gasteiger partial charge on any atom is 0.293 e. The molecule has 0 saturated heterocycles. The highest BCUT2D eigenvalue weighted by molar-refractivity contribution is 6.33. The van der Waals surface area contributed by atoms with Gasteiger partial charge in [-0.3, -0.25) is 10.1 Å². The molecule has 0 aromatic heterocycles. The monoisotopic (exact) mass is 272 g/mol. The van der Waals surface area contributed by atoms with Crippen LogP contribution in [-0.2, 0) is 0 Å². The molecule has 0 fully saturated rings. The summed E-state index contributed by atoms with van der Waals surface area (Å²) in [6.45, 7) is 0.847. The molecular weight excluding hydrogens is 256 g/mol. The molecule has 2 N–H and O–H groups in total. The number of nitrogens with one attached hydrogen (secondary N) is 1. The van der Waals surface area contributed by atoms with Gasteiger partial charge in [-0.05, 0) is 18.9 Å². The number of nitrogens with zero attached hydrogens (tertiary/aromatic N) is 1. The molecule has 0 unspecified atom stereocenters. The molecule has 0 heterocycles. The fourth-order valence-electron chi connectivity index (χ4n) is 1.64. The summed E-state index contributed by atoms with van der Waals surface area (Å²) in [6.07, 6.45) is 3.63. The van der Waals surface area contributed by atoms with Gasteiger partial charge in [0, 0.05) is 19.2 Å². The Morgan fingerprint density at radius 1 is 1.28 bits per heavy atom. The molecule has 0 saturated carbocycles. The SMILES string of the molecule is O=[N+]([O-])c1cccc(Cl)c1NCCCCCCO. The Labute approximate surface area is 111 Å². The van der Waals surface area contributed by atoms with Gasteiger partial charge in [-0.1, -0.05) is 30.5 Å². The Kier molecular flexibility index (Phi) is 6.46. The molecule has 0 aliphatic carbocycles. The quantitative estimate of drug-likeness (QED) is 0.433. The van der Waals surface area contributed by atoms with Gasteiger partial charge in [0.05, 0.1) is 9.95 Å². The molecule has 6 heteroatoms. The van der Waals surface area contributed by atoms with Crippen LogP contribution < -0.4 is 5.32 Å². The number of nitro benzene ring substituents is 1. The van der Waals surface area contributed by atoms with Crippen LogP contribution >= 0.6 is 11.6 Å². The highest BCUT2D eigenvalue weighted by Gasteiger charge is 2.15. The Morgan fingerprint density at radius 2 is 2.00 bits per heavy atom.